The first kappa shape index (κ1) is 12.6. The van der Waals surface area contributed by atoms with E-state index in [1.807, 2.05) is 0 Å². The predicted octanol–water partition coefficient (Wildman–Crippen LogP) is 2.66. The van der Waals surface area contributed by atoms with Gasteiger partial charge in [-0.05, 0) is 37.0 Å². The van der Waals surface area contributed by atoms with Crippen LogP contribution in [-0.4, -0.2) is 31.1 Å². The summed E-state index contributed by atoms with van der Waals surface area (Å²) in [6.45, 7) is 11.3. The van der Waals surface area contributed by atoms with Crippen molar-refractivity contribution in [3.05, 3.63) is 34.9 Å². The molecule has 0 bridgehead atoms. The molecule has 0 radical (unpaired) electrons. The molecule has 0 amide bonds. The highest BCUT2D eigenvalue weighted by atomic mass is 15.2. The molecule has 1 unspecified atom stereocenters. The second kappa shape index (κ2) is 5.65. The van der Waals surface area contributed by atoms with Crippen molar-refractivity contribution in [2.24, 2.45) is 0 Å². The van der Waals surface area contributed by atoms with E-state index >= 15 is 0 Å². The molecule has 0 aromatic heterocycles. The first-order chi connectivity index (χ1) is 8.22. The maximum atomic E-state index is 3.42. The van der Waals surface area contributed by atoms with E-state index in [0.717, 1.165) is 13.1 Å². The lowest BCUT2D eigenvalue weighted by molar-refractivity contribution is 0.169. The molecule has 2 rings (SSSR count). The quantitative estimate of drug-likeness (QED) is 0.862. The van der Waals surface area contributed by atoms with Gasteiger partial charge in [0.05, 0.1) is 0 Å². The van der Waals surface area contributed by atoms with Gasteiger partial charge in [-0.1, -0.05) is 25.1 Å². The van der Waals surface area contributed by atoms with Gasteiger partial charge in [0.1, 0.15) is 0 Å². The fourth-order valence-electron chi connectivity index (χ4n) is 2.67. The van der Waals surface area contributed by atoms with Crippen molar-refractivity contribution in [3.8, 4) is 0 Å². The Morgan fingerprint density at radius 3 is 2.47 bits per heavy atom. The highest BCUT2D eigenvalue weighted by Crippen LogP contribution is 2.26. The Hall–Kier alpha value is -0.860. The third kappa shape index (κ3) is 2.88. The van der Waals surface area contributed by atoms with E-state index in [2.05, 4.69) is 49.2 Å². The lowest BCUT2D eigenvalue weighted by Gasteiger charge is -2.35. The summed E-state index contributed by atoms with van der Waals surface area (Å²) in [4.78, 5) is 2.61. The molecule has 1 saturated heterocycles. The second-order valence-electron chi connectivity index (χ2n) is 5.05. The maximum absolute atomic E-state index is 3.42. The average Bonchev–Trinajstić information content (AvgIpc) is 2.36. The number of benzene rings is 1. The van der Waals surface area contributed by atoms with E-state index in [1.165, 1.54) is 36.2 Å². The molecule has 1 atom stereocenters. The highest BCUT2D eigenvalue weighted by Gasteiger charge is 2.20. The predicted molar refractivity (Wildman–Crippen MR) is 73.4 cm³/mol. The van der Waals surface area contributed by atoms with Crippen LogP contribution in [0.5, 0.6) is 0 Å². The molecule has 2 heteroatoms. The Morgan fingerprint density at radius 2 is 1.88 bits per heavy atom. The molecule has 1 aromatic carbocycles. The summed E-state index contributed by atoms with van der Waals surface area (Å²) in [5.74, 6) is 0. The summed E-state index contributed by atoms with van der Waals surface area (Å²) < 4.78 is 0. The van der Waals surface area contributed by atoms with Gasteiger partial charge in [-0.25, -0.2) is 0 Å². The molecule has 2 nitrogen and oxygen atoms in total. The summed E-state index contributed by atoms with van der Waals surface area (Å²) in [5, 5.41) is 3.42. The summed E-state index contributed by atoms with van der Waals surface area (Å²) in [5.41, 5.74) is 4.29. The van der Waals surface area contributed by atoms with Crippen LogP contribution in [0, 0.1) is 13.8 Å². The minimum atomic E-state index is 0.594. The molecular weight excluding hydrogens is 208 g/mol. The number of nitrogens with zero attached hydrogens (tertiary/aromatic N) is 1. The zero-order chi connectivity index (χ0) is 12.3. The second-order valence-corrected chi connectivity index (χ2v) is 5.05. The smallest absolute Gasteiger partial charge is 0.0346 e. The van der Waals surface area contributed by atoms with Crippen LogP contribution in [-0.2, 0) is 0 Å². The molecule has 17 heavy (non-hydrogen) atoms. The molecule has 1 heterocycles. The van der Waals surface area contributed by atoms with Gasteiger partial charge in [0.2, 0.25) is 0 Å². The number of piperazine rings is 1. The Balaban J connectivity index is 2.18. The van der Waals surface area contributed by atoms with Crippen LogP contribution in [0.4, 0.5) is 0 Å². The van der Waals surface area contributed by atoms with Crippen molar-refractivity contribution in [2.45, 2.75) is 33.2 Å². The minimum absolute atomic E-state index is 0.594. The van der Waals surface area contributed by atoms with Crippen molar-refractivity contribution < 1.29 is 0 Å². The van der Waals surface area contributed by atoms with Crippen molar-refractivity contribution >= 4 is 0 Å². The summed E-state index contributed by atoms with van der Waals surface area (Å²) in [7, 11) is 0. The van der Waals surface area contributed by atoms with E-state index < -0.39 is 0 Å². The van der Waals surface area contributed by atoms with Crippen LogP contribution in [0.25, 0.3) is 0 Å². The van der Waals surface area contributed by atoms with Crippen molar-refractivity contribution in [1.82, 2.24) is 10.2 Å². The standard InChI is InChI=1S/C15H24N2/c1-4-15(17-9-7-16-8-10-17)14-6-5-12(2)13(3)11-14/h5-6,11,15-16H,4,7-10H2,1-3H3. The van der Waals surface area contributed by atoms with Gasteiger partial charge in [-0.2, -0.15) is 0 Å². The maximum Gasteiger partial charge on any atom is 0.0346 e. The first-order valence-corrected chi connectivity index (χ1v) is 6.74. The average molecular weight is 232 g/mol. The highest BCUT2D eigenvalue weighted by molar-refractivity contribution is 5.31. The Morgan fingerprint density at radius 1 is 1.18 bits per heavy atom. The number of aryl methyl sites for hydroxylation is 2. The molecule has 94 valence electrons. The lowest BCUT2D eigenvalue weighted by Crippen LogP contribution is -2.45. The molecule has 1 fully saturated rings. The normalized spacial score (nSPS) is 19.2. The zero-order valence-electron chi connectivity index (χ0n) is 11.3. The Bertz CT molecular complexity index is 367. The van der Waals surface area contributed by atoms with Crippen LogP contribution >= 0.6 is 0 Å². The third-order valence-electron chi connectivity index (χ3n) is 3.89. The SMILES string of the molecule is CCC(c1ccc(C)c(C)c1)N1CCNCC1. The minimum Gasteiger partial charge on any atom is -0.314 e. The first-order valence-electron chi connectivity index (χ1n) is 6.74. The topological polar surface area (TPSA) is 15.3 Å². The van der Waals surface area contributed by atoms with Crippen molar-refractivity contribution in [3.63, 3.8) is 0 Å². The van der Waals surface area contributed by atoms with Crippen LogP contribution in [0.1, 0.15) is 36.1 Å². The van der Waals surface area contributed by atoms with Gasteiger partial charge in [-0.3, -0.25) is 4.90 Å². The third-order valence-corrected chi connectivity index (χ3v) is 3.89. The number of rotatable bonds is 3. The lowest BCUT2D eigenvalue weighted by atomic mass is 9.98. The molecule has 1 aromatic rings. The van der Waals surface area contributed by atoms with Crippen LogP contribution in [0.2, 0.25) is 0 Å². The zero-order valence-corrected chi connectivity index (χ0v) is 11.3. The Labute approximate surface area is 105 Å². The molecule has 0 saturated carbocycles. The van der Waals surface area contributed by atoms with Crippen molar-refractivity contribution in [2.75, 3.05) is 26.2 Å². The van der Waals surface area contributed by atoms with E-state index in [9.17, 15) is 0 Å². The van der Waals surface area contributed by atoms with E-state index in [4.69, 9.17) is 0 Å². The number of nitrogens with one attached hydrogen (secondary N) is 1. The van der Waals surface area contributed by atoms with Gasteiger partial charge >= 0.3 is 0 Å². The monoisotopic (exact) mass is 232 g/mol. The summed E-state index contributed by atoms with van der Waals surface area (Å²) in [6.07, 6.45) is 1.20. The number of hydrogen-bond donors (Lipinski definition) is 1. The largest absolute Gasteiger partial charge is 0.314 e. The fourth-order valence-corrected chi connectivity index (χ4v) is 2.67. The van der Waals surface area contributed by atoms with Crippen LogP contribution in [0.15, 0.2) is 18.2 Å². The van der Waals surface area contributed by atoms with Gasteiger partial charge in [-0.15, -0.1) is 0 Å². The Kier molecular flexibility index (Phi) is 4.19. The van der Waals surface area contributed by atoms with Crippen molar-refractivity contribution in [1.29, 1.82) is 0 Å². The fraction of sp³-hybridized carbons (Fsp3) is 0.600. The van der Waals surface area contributed by atoms with E-state index in [0.29, 0.717) is 6.04 Å². The molecule has 1 aliphatic heterocycles. The molecule has 0 spiro atoms. The van der Waals surface area contributed by atoms with E-state index in [1.54, 1.807) is 0 Å². The van der Waals surface area contributed by atoms with Gasteiger partial charge in [0.15, 0.2) is 0 Å². The molecule has 1 aliphatic rings. The van der Waals surface area contributed by atoms with Gasteiger partial charge < -0.3 is 5.32 Å². The summed E-state index contributed by atoms with van der Waals surface area (Å²) >= 11 is 0. The molecular formula is C15H24N2. The van der Waals surface area contributed by atoms with Gasteiger partial charge in [0, 0.05) is 32.2 Å². The molecule has 0 aliphatic carbocycles. The summed E-state index contributed by atoms with van der Waals surface area (Å²) in [6, 6.07) is 7.52. The number of hydrogen-bond acceptors (Lipinski definition) is 2. The van der Waals surface area contributed by atoms with Crippen LogP contribution < -0.4 is 5.32 Å². The molecule has 1 N–H and O–H groups in total. The van der Waals surface area contributed by atoms with Gasteiger partial charge in [0.25, 0.3) is 0 Å². The van der Waals surface area contributed by atoms with E-state index in [-0.39, 0.29) is 0 Å². The van der Waals surface area contributed by atoms with Crippen LogP contribution in [0.3, 0.4) is 0 Å².